The molecule has 0 radical (unpaired) electrons. The number of ether oxygens (including phenoxy) is 3. The van der Waals surface area contributed by atoms with Crippen LogP contribution >= 0.6 is 11.6 Å². The van der Waals surface area contributed by atoms with Crippen LogP contribution in [0.5, 0.6) is 17.2 Å². The third kappa shape index (κ3) is 4.18. The first kappa shape index (κ1) is 21.0. The molecule has 3 rings (SSSR count). The van der Waals surface area contributed by atoms with Gasteiger partial charge < -0.3 is 14.2 Å². The minimum atomic E-state index is -3.85. The molecule has 0 N–H and O–H groups in total. The molecule has 3 aromatic rings. The van der Waals surface area contributed by atoms with Crippen molar-refractivity contribution in [2.75, 3.05) is 21.3 Å². The van der Waals surface area contributed by atoms with Gasteiger partial charge in [-0.1, -0.05) is 41.9 Å². The third-order valence-electron chi connectivity index (χ3n) is 4.57. The van der Waals surface area contributed by atoms with Crippen molar-refractivity contribution in [2.45, 2.75) is 10.1 Å². The number of hydrogen-bond acceptors (Lipinski definition) is 5. The highest BCUT2D eigenvalue weighted by Gasteiger charge is 2.36. The summed E-state index contributed by atoms with van der Waals surface area (Å²) >= 11 is 6.03. The minimum absolute atomic E-state index is 0.194. The van der Waals surface area contributed by atoms with E-state index in [1.54, 1.807) is 66.7 Å². The number of rotatable bonds is 7. The molecule has 1 atom stereocenters. The first-order chi connectivity index (χ1) is 13.9. The minimum Gasteiger partial charge on any atom is -0.496 e. The van der Waals surface area contributed by atoms with Gasteiger partial charge in [0.25, 0.3) is 0 Å². The lowest BCUT2D eigenvalue weighted by Gasteiger charge is -2.24. The molecule has 0 saturated carbocycles. The monoisotopic (exact) mass is 432 g/mol. The molecule has 0 aliphatic heterocycles. The van der Waals surface area contributed by atoms with Crippen LogP contribution < -0.4 is 14.2 Å². The van der Waals surface area contributed by atoms with Crippen LogP contribution in [-0.2, 0) is 9.84 Å². The van der Waals surface area contributed by atoms with Gasteiger partial charge in [0.1, 0.15) is 22.5 Å². The van der Waals surface area contributed by atoms with Crippen LogP contribution in [0.15, 0.2) is 71.6 Å². The largest absolute Gasteiger partial charge is 0.496 e. The highest BCUT2D eigenvalue weighted by Crippen LogP contribution is 2.46. The number of benzene rings is 3. The lowest BCUT2D eigenvalue weighted by molar-refractivity contribution is 0.369. The summed E-state index contributed by atoms with van der Waals surface area (Å²) in [5.74, 6) is 1.19. The highest BCUT2D eigenvalue weighted by atomic mass is 35.5. The maximum Gasteiger partial charge on any atom is 0.189 e. The maximum absolute atomic E-state index is 13.7. The predicted octanol–water partition coefficient (Wildman–Crippen LogP) is 4.93. The molecule has 1 unspecified atom stereocenters. The Hall–Kier alpha value is -2.70. The smallest absolute Gasteiger partial charge is 0.189 e. The molecule has 0 heterocycles. The molecule has 5 nitrogen and oxygen atoms in total. The van der Waals surface area contributed by atoms with Crippen LogP contribution in [0.25, 0.3) is 0 Å². The van der Waals surface area contributed by atoms with Gasteiger partial charge in [-0.2, -0.15) is 0 Å². The molecular formula is C22H21ClO5S. The average Bonchev–Trinajstić information content (AvgIpc) is 2.75. The summed E-state index contributed by atoms with van der Waals surface area (Å²) in [6.45, 7) is 0. The van der Waals surface area contributed by atoms with Gasteiger partial charge in [0, 0.05) is 17.2 Å². The van der Waals surface area contributed by atoms with Crippen molar-refractivity contribution in [1.29, 1.82) is 0 Å². The molecule has 0 aliphatic carbocycles. The summed E-state index contributed by atoms with van der Waals surface area (Å²) in [7, 11) is 0.626. The average molecular weight is 433 g/mol. The van der Waals surface area contributed by atoms with Crippen LogP contribution in [-0.4, -0.2) is 29.7 Å². The summed E-state index contributed by atoms with van der Waals surface area (Å²) in [5.41, 5.74) is 0.932. The topological polar surface area (TPSA) is 61.8 Å². The van der Waals surface area contributed by atoms with Gasteiger partial charge in [-0.3, -0.25) is 0 Å². The van der Waals surface area contributed by atoms with Gasteiger partial charge in [0.2, 0.25) is 0 Å². The van der Waals surface area contributed by atoms with E-state index in [-0.39, 0.29) is 4.90 Å². The standard InChI is InChI=1S/C22H21ClO5S/c1-26-17-13-19(27-2)21(20(14-17)28-3)22(15-9-11-16(23)12-10-15)29(24,25)18-7-5-4-6-8-18/h4-14,22H,1-3H3. The first-order valence-electron chi connectivity index (χ1n) is 8.76. The molecule has 0 bridgehead atoms. The molecule has 0 fully saturated rings. The lowest BCUT2D eigenvalue weighted by Crippen LogP contribution is -2.17. The van der Waals surface area contributed by atoms with E-state index in [9.17, 15) is 8.42 Å². The van der Waals surface area contributed by atoms with Crippen molar-refractivity contribution in [1.82, 2.24) is 0 Å². The van der Waals surface area contributed by atoms with Crippen molar-refractivity contribution >= 4 is 21.4 Å². The zero-order valence-electron chi connectivity index (χ0n) is 16.3. The van der Waals surface area contributed by atoms with Gasteiger partial charge in [0.05, 0.1) is 31.8 Å². The van der Waals surface area contributed by atoms with Gasteiger partial charge in [-0.05, 0) is 29.8 Å². The molecule has 0 aliphatic rings. The third-order valence-corrected chi connectivity index (χ3v) is 6.88. The SMILES string of the molecule is COc1cc(OC)c(C(c2ccc(Cl)cc2)S(=O)(=O)c2ccccc2)c(OC)c1. The Balaban J connectivity index is 2.34. The van der Waals surface area contributed by atoms with Crippen molar-refractivity contribution in [3.05, 3.63) is 82.9 Å². The van der Waals surface area contributed by atoms with E-state index in [4.69, 9.17) is 25.8 Å². The summed E-state index contributed by atoms with van der Waals surface area (Å²) < 4.78 is 43.8. The fraction of sp³-hybridized carbons (Fsp3) is 0.182. The van der Waals surface area contributed by atoms with Gasteiger partial charge >= 0.3 is 0 Å². The molecule has 0 amide bonds. The highest BCUT2D eigenvalue weighted by molar-refractivity contribution is 7.92. The van der Waals surface area contributed by atoms with Crippen LogP contribution in [0.1, 0.15) is 16.4 Å². The summed E-state index contributed by atoms with van der Waals surface area (Å²) in [6.07, 6.45) is 0. The summed E-state index contributed by atoms with van der Waals surface area (Å²) in [4.78, 5) is 0.194. The van der Waals surface area contributed by atoms with E-state index >= 15 is 0 Å². The molecular weight excluding hydrogens is 412 g/mol. The Morgan fingerprint density at radius 1 is 0.793 bits per heavy atom. The van der Waals surface area contributed by atoms with Crippen LogP contribution in [0.4, 0.5) is 0 Å². The Morgan fingerprint density at radius 3 is 1.83 bits per heavy atom. The van der Waals surface area contributed by atoms with Crippen molar-refractivity contribution in [3.63, 3.8) is 0 Å². The zero-order valence-corrected chi connectivity index (χ0v) is 17.8. The van der Waals surface area contributed by atoms with E-state index in [0.29, 0.717) is 33.4 Å². The Labute approximate surface area is 175 Å². The number of halogens is 1. The number of sulfone groups is 1. The second kappa shape index (κ2) is 8.76. The maximum atomic E-state index is 13.7. The van der Waals surface area contributed by atoms with E-state index in [2.05, 4.69) is 0 Å². The van der Waals surface area contributed by atoms with Crippen LogP contribution in [0, 0.1) is 0 Å². The van der Waals surface area contributed by atoms with E-state index in [0.717, 1.165) is 0 Å². The van der Waals surface area contributed by atoms with Crippen molar-refractivity contribution in [2.24, 2.45) is 0 Å². The Kier molecular flexibility index (Phi) is 6.35. The summed E-state index contributed by atoms with van der Waals surface area (Å²) in [6, 6.07) is 18.3. The fourth-order valence-electron chi connectivity index (χ4n) is 3.18. The predicted molar refractivity (Wildman–Crippen MR) is 113 cm³/mol. The van der Waals surface area contributed by atoms with Crippen molar-refractivity contribution < 1.29 is 22.6 Å². The summed E-state index contributed by atoms with van der Waals surface area (Å²) in [5, 5.41) is -0.559. The molecule has 152 valence electrons. The second-order valence-electron chi connectivity index (χ2n) is 6.24. The van der Waals surface area contributed by atoms with Gasteiger partial charge in [-0.25, -0.2) is 8.42 Å². The zero-order chi connectivity index (χ0) is 21.0. The Morgan fingerprint density at radius 2 is 1.34 bits per heavy atom. The van der Waals surface area contributed by atoms with E-state index in [1.807, 2.05) is 0 Å². The lowest BCUT2D eigenvalue weighted by atomic mass is 10.0. The van der Waals surface area contributed by atoms with E-state index < -0.39 is 15.1 Å². The van der Waals surface area contributed by atoms with Crippen LogP contribution in [0.3, 0.4) is 0 Å². The van der Waals surface area contributed by atoms with E-state index in [1.165, 1.54) is 21.3 Å². The van der Waals surface area contributed by atoms with Crippen LogP contribution in [0.2, 0.25) is 5.02 Å². The number of hydrogen-bond donors (Lipinski definition) is 0. The Bertz CT molecular complexity index is 1050. The molecule has 0 aromatic heterocycles. The van der Waals surface area contributed by atoms with Gasteiger partial charge in [0.15, 0.2) is 9.84 Å². The molecule has 7 heteroatoms. The molecule has 0 saturated heterocycles. The van der Waals surface area contributed by atoms with Gasteiger partial charge in [-0.15, -0.1) is 0 Å². The quantitative estimate of drug-likeness (QED) is 0.529. The molecule has 29 heavy (non-hydrogen) atoms. The fourth-order valence-corrected chi connectivity index (χ4v) is 5.17. The first-order valence-corrected chi connectivity index (χ1v) is 10.7. The molecule has 3 aromatic carbocycles. The second-order valence-corrected chi connectivity index (χ2v) is 8.70. The molecule has 0 spiro atoms. The van der Waals surface area contributed by atoms with Crippen molar-refractivity contribution in [3.8, 4) is 17.2 Å². The normalized spacial score (nSPS) is 12.3. The number of methoxy groups -OCH3 is 3.